The van der Waals surface area contributed by atoms with E-state index in [9.17, 15) is 4.79 Å². The zero-order valence-corrected chi connectivity index (χ0v) is 17.7. The van der Waals surface area contributed by atoms with E-state index in [0.717, 1.165) is 47.4 Å². The molecule has 154 valence electrons. The molecule has 0 amide bonds. The van der Waals surface area contributed by atoms with Crippen LogP contribution in [-0.2, 0) is 6.54 Å². The minimum absolute atomic E-state index is 0.0330. The summed E-state index contributed by atoms with van der Waals surface area (Å²) in [5.74, 6) is 0. The number of thiophene rings is 1. The smallest absolute Gasteiger partial charge is 0.251 e. The Morgan fingerprint density at radius 3 is 2.70 bits per heavy atom. The molecule has 4 aromatic rings. The van der Waals surface area contributed by atoms with Crippen molar-refractivity contribution in [1.29, 1.82) is 0 Å². The number of hydrogen-bond donors (Lipinski definition) is 0. The number of piperidine rings is 1. The second-order valence-corrected chi connectivity index (χ2v) is 8.66. The summed E-state index contributed by atoms with van der Waals surface area (Å²) in [7, 11) is 0. The SMILES string of the molecule is O=c1cc(-c2cnc3c(-c4ccsc4)cnn3c2)ccn1CCCN1CCCCC1. The molecule has 0 saturated carbocycles. The number of rotatable bonds is 6. The van der Waals surface area contributed by atoms with Gasteiger partial charge in [-0.25, -0.2) is 9.50 Å². The number of pyridine rings is 1. The molecule has 1 fully saturated rings. The molecule has 1 saturated heterocycles. The Morgan fingerprint density at radius 1 is 1.00 bits per heavy atom. The molecule has 0 atom stereocenters. The van der Waals surface area contributed by atoms with Crippen molar-refractivity contribution in [2.45, 2.75) is 32.2 Å². The van der Waals surface area contributed by atoms with Gasteiger partial charge in [-0.15, -0.1) is 0 Å². The van der Waals surface area contributed by atoms with E-state index in [-0.39, 0.29) is 5.56 Å². The molecule has 0 aliphatic carbocycles. The van der Waals surface area contributed by atoms with Crippen LogP contribution >= 0.6 is 11.3 Å². The topological polar surface area (TPSA) is 55.4 Å². The Kier molecular flexibility index (Phi) is 5.46. The van der Waals surface area contributed by atoms with Crippen LogP contribution in [0.15, 0.2) is 58.5 Å². The highest BCUT2D eigenvalue weighted by molar-refractivity contribution is 7.08. The van der Waals surface area contributed by atoms with Crippen LogP contribution in [0.3, 0.4) is 0 Å². The zero-order valence-electron chi connectivity index (χ0n) is 16.9. The third-order valence-electron chi connectivity index (χ3n) is 5.84. The van der Waals surface area contributed by atoms with Gasteiger partial charge in [0.2, 0.25) is 0 Å². The Hall–Kier alpha value is -2.77. The van der Waals surface area contributed by atoms with Crippen LogP contribution in [0.4, 0.5) is 0 Å². The molecule has 30 heavy (non-hydrogen) atoms. The Morgan fingerprint density at radius 2 is 1.90 bits per heavy atom. The van der Waals surface area contributed by atoms with Crippen LogP contribution in [0.2, 0.25) is 0 Å². The summed E-state index contributed by atoms with van der Waals surface area (Å²) in [6.45, 7) is 4.23. The zero-order chi connectivity index (χ0) is 20.3. The number of aromatic nitrogens is 4. The van der Waals surface area contributed by atoms with Crippen molar-refractivity contribution in [2.75, 3.05) is 19.6 Å². The van der Waals surface area contributed by atoms with E-state index in [1.807, 2.05) is 35.4 Å². The van der Waals surface area contributed by atoms with Crippen LogP contribution in [0.25, 0.3) is 27.9 Å². The lowest BCUT2D eigenvalue weighted by atomic mass is 10.1. The maximum Gasteiger partial charge on any atom is 0.251 e. The van der Waals surface area contributed by atoms with Gasteiger partial charge in [0, 0.05) is 42.3 Å². The minimum Gasteiger partial charge on any atom is -0.315 e. The van der Waals surface area contributed by atoms with Gasteiger partial charge in [0.05, 0.1) is 6.20 Å². The highest BCUT2D eigenvalue weighted by atomic mass is 32.1. The van der Waals surface area contributed by atoms with Crippen molar-refractivity contribution in [2.24, 2.45) is 0 Å². The molecule has 1 aliphatic heterocycles. The number of hydrogen-bond acceptors (Lipinski definition) is 5. The summed E-state index contributed by atoms with van der Waals surface area (Å²) >= 11 is 1.66. The average Bonchev–Trinajstić information content (AvgIpc) is 3.45. The first-order valence-corrected chi connectivity index (χ1v) is 11.5. The normalized spacial score (nSPS) is 15.1. The molecule has 0 spiro atoms. The molecule has 5 rings (SSSR count). The van der Waals surface area contributed by atoms with Crippen LogP contribution in [0, 0.1) is 0 Å². The summed E-state index contributed by atoms with van der Waals surface area (Å²) in [4.78, 5) is 19.8. The van der Waals surface area contributed by atoms with Crippen LogP contribution < -0.4 is 5.56 Å². The lowest BCUT2D eigenvalue weighted by Crippen LogP contribution is -2.31. The van der Waals surface area contributed by atoms with Gasteiger partial charge in [0.15, 0.2) is 5.65 Å². The Bertz CT molecular complexity index is 1190. The predicted octanol–water partition coefficient (Wildman–Crippen LogP) is 4.16. The predicted molar refractivity (Wildman–Crippen MR) is 121 cm³/mol. The maximum absolute atomic E-state index is 12.6. The number of nitrogens with zero attached hydrogens (tertiary/aromatic N) is 5. The largest absolute Gasteiger partial charge is 0.315 e. The molecular weight excluding hydrogens is 394 g/mol. The number of fused-ring (bicyclic) bond motifs is 1. The van der Waals surface area contributed by atoms with E-state index in [2.05, 4.69) is 31.8 Å². The van der Waals surface area contributed by atoms with Gasteiger partial charge in [0.25, 0.3) is 5.56 Å². The molecular formula is C23H25N5OS. The average molecular weight is 420 g/mol. The number of aryl methyl sites for hydroxylation is 1. The Labute approximate surface area is 179 Å². The van der Waals surface area contributed by atoms with Gasteiger partial charge >= 0.3 is 0 Å². The minimum atomic E-state index is 0.0330. The van der Waals surface area contributed by atoms with Gasteiger partial charge < -0.3 is 9.47 Å². The first-order valence-electron chi connectivity index (χ1n) is 10.6. The van der Waals surface area contributed by atoms with E-state index in [1.165, 1.54) is 32.4 Å². The molecule has 0 bridgehead atoms. The van der Waals surface area contributed by atoms with Gasteiger partial charge in [-0.2, -0.15) is 16.4 Å². The van der Waals surface area contributed by atoms with Gasteiger partial charge in [0.1, 0.15) is 0 Å². The van der Waals surface area contributed by atoms with Gasteiger partial charge in [-0.1, -0.05) is 6.42 Å². The number of likely N-dealkylation sites (tertiary alicyclic amines) is 1. The second kappa shape index (κ2) is 8.53. The van der Waals surface area contributed by atoms with Crippen LogP contribution in [0.1, 0.15) is 25.7 Å². The fraction of sp³-hybridized carbons (Fsp3) is 0.348. The lowest BCUT2D eigenvalue weighted by molar-refractivity contribution is 0.222. The highest BCUT2D eigenvalue weighted by Crippen LogP contribution is 2.26. The molecule has 7 heteroatoms. The second-order valence-electron chi connectivity index (χ2n) is 7.88. The van der Waals surface area contributed by atoms with E-state index in [1.54, 1.807) is 21.9 Å². The molecule has 6 nitrogen and oxygen atoms in total. The first kappa shape index (κ1) is 19.2. The fourth-order valence-electron chi connectivity index (χ4n) is 4.16. The van der Waals surface area contributed by atoms with Crippen LogP contribution in [-0.4, -0.2) is 43.7 Å². The van der Waals surface area contributed by atoms with Crippen molar-refractivity contribution in [3.63, 3.8) is 0 Å². The van der Waals surface area contributed by atoms with Crippen molar-refractivity contribution >= 4 is 17.0 Å². The summed E-state index contributed by atoms with van der Waals surface area (Å²) in [5, 5.41) is 8.60. The van der Waals surface area contributed by atoms with Crippen molar-refractivity contribution in [3.05, 3.63) is 64.1 Å². The molecule has 5 heterocycles. The molecule has 0 aromatic carbocycles. The summed E-state index contributed by atoms with van der Waals surface area (Å²) in [6.07, 6.45) is 12.5. The third-order valence-corrected chi connectivity index (χ3v) is 6.52. The van der Waals surface area contributed by atoms with Crippen LogP contribution in [0.5, 0.6) is 0 Å². The van der Waals surface area contributed by atoms with Crippen molar-refractivity contribution in [3.8, 4) is 22.3 Å². The van der Waals surface area contributed by atoms with Crippen molar-refractivity contribution in [1.82, 2.24) is 24.1 Å². The van der Waals surface area contributed by atoms with E-state index >= 15 is 0 Å². The first-order chi connectivity index (χ1) is 14.8. The third kappa shape index (κ3) is 3.95. The van der Waals surface area contributed by atoms with Gasteiger partial charge in [-0.05, 0) is 72.9 Å². The molecule has 0 radical (unpaired) electrons. The van der Waals surface area contributed by atoms with E-state index in [0.29, 0.717) is 0 Å². The maximum atomic E-state index is 12.6. The van der Waals surface area contributed by atoms with Gasteiger partial charge in [-0.3, -0.25) is 4.79 Å². The molecule has 1 aliphatic rings. The summed E-state index contributed by atoms with van der Waals surface area (Å²) in [6, 6.07) is 5.77. The van der Waals surface area contributed by atoms with E-state index in [4.69, 9.17) is 0 Å². The van der Waals surface area contributed by atoms with Crippen molar-refractivity contribution < 1.29 is 0 Å². The molecule has 4 aromatic heterocycles. The Balaban J connectivity index is 1.31. The lowest BCUT2D eigenvalue weighted by Gasteiger charge is -2.26. The quantitative estimate of drug-likeness (QED) is 0.471. The molecule has 0 N–H and O–H groups in total. The monoisotopic (exact) mass is 419 g/mol. The fourth-order valence-corrected chi connectivity index (χ4v) is 4.82. The summed E-state index contributed by atoms with van der Waals surface area (Å²) < 4.78 is 3.59. The standard InChI is InChI=1S/C23H25N5OS/c29-22-13-18(5-11-27(22)10-4-9-26-7-2-1-3-8-26)20-14-24-23-21(15-25-28(23)16-20)19-6-12-30-17-19/h5-6,11-17H,1-4,7-10H2. The highest BCUT2D eigenvalue weighted by Gasteiger charge is 2.11. The van der Waals surface area contributed by atoms with E-state index < -0.39 is 0 Å². The summed E-state index contributed by atoms with van der Waals surface area (Å²) in [5.41, 5.74) is 4.76. The molecule has 0 unspecified atom stereocenters.